The Hall–Kier alpha value is -1.55. The van der Waals surface area contributed by atoms with E-state index >= 15 is 0 Å². The van der Waals surface area contributed by atoms with Crippen molar-refractivity contribution in [1.29, 1.82) is 0 Å². The van der Waals surface area contributed by atoms with E-state index in [-0.39, 0.29) is 19.0 Å². The fourth-order valence-electron chi connectivity index (χ4n) is 1.14. The molecule has 4 nitrogen and oxygen atoms in total. The molecule has 0 radical (unpaired) electrons. The molecule has 0 amide bonds. The molecule has 1 aromatic rings. The number of hydrogen-bond acceptors (Lipinski definition) is 4. The van der Waals surface area contributed by atoms with Gasteiger partial charge in [-0.2, -0.15) is 0 Å². The van der Waals surface area contributed by atoms with Gasteiger partial charge >= 0.3 is 5.97 Å². The number of para-hydroxylation sites is 1. The van der Waals surface area contributed by atoms with Gasteiger partial charge < -0.3 is 15.2 Å². The minimum atomic E-state index is -0.287. The number of hydrogen-bond donors (Lipinski definition) is 1. The fourth-order valence-corrected chi connectivity index (χ4v) is 1.14. The number of carbonyl (C=O) groups is 1. The minimum absolute atomic E-state index is 0.205. The van der Waals surface area contributed by atoms with Crippen molar-refractivity contribution in [2.75, 3.05) is 26.1 Å². The molecule has 0 saturated heterocycles. The van der Waals surface area contributed by atoms with Crippen LogP contribution in [0.25, 0.3) is 0 Å². The third-order valence-corrected chi connectivity index (χ3v) is 1.94. The largest absolute Gasteiger partial charge is 0.463 e. The van der Waals surface area contributed by atoms with Crippen LogP contribution in [0.1, 0.15) is 5.56 Å². The van der Waals surface area contributed by atoms with Gasteiger partial charge in [0, 0.05) is 12.8 Å². The second kappa shape index (κ2) is 6.03. The molecule has 0 fully saturated rings. The maximum Gasteiger partial charge on any atom is 0.310 e. The van der Waals surface area contributed by atoms with Crippen LogP contribution < -0.4 is 5.73 Å². The van der Waals surface area contributed by atoms with Crippen LogP contribution in [0.4, 0.5) is 5.69 Å². The Morgan fingerprint density at radius 2 is 2.07 bits per heavy atom. The predicted octanol–water partition coefficient (Wildman–Crippen LogP) is 1.00. The molecule has 0 aromatic heterocycles. The van der Waals surface area contributed by atoms with Gasteiger partial charge in [0.2, 0.25) is 0 Å². The van der Waals surface area contributed by atoms with Gasteiger partial charge in [-0.3, -0.25) is 4.79 Å². The highest BCUT2D eigenvalue weighted by Crippen LogP contribution is 2.11. The molecule has 0 saturated carbocycles. The molecular formula is C11H15NO3. The average Bonchev–Trinajstić information content (AvgIpc) is 2.22. The van der Waals surface area contributed by atoms with E-state index in [1.54, 1.807) is 13.2 Å². The first kappa shape index (κ1) is 11.5. The highest BCUT2D eigenvalue weighted by Gasteiger charge is 2.06. The van der Waals surface area contributed by atoms with E-state index in [0.717, 1.165) is 5.56 Å². The molecule has 15 heavy (non-hydrogen) atoms. The number of benzene rings is 1. The van der Waals surface area contributed by atoms with E-state index in [4.69, 9.17) is 15.2 Å². The molecule has 1 aromatic carbocycles. The predicted molar refractivity (Wildman–Crippen MR) is 57.4 cm³/mol. The average molecular weight is 209 g/mol. The Balaban J connectivity index is 2.41. The van der Waals surface area contributed by atoms with E-state index in [9.17, 15) is 4.79 Å². The van der Waals surface area contributed by atoms with Crippen molar-refractivity contribution in [3.63, 3.8) is 0 Å². The molecule has 0 aliphatic heterocycles. The normalized spacial score (nSPS) is 9.93. The van der Waals surface area contributed by atoms with E-state index in [1.165, 1.54) is 0 Å². The fraction of sp³-hybridized carbons (Fsp3) is 0.364. The SMILES string of the molecule is COCCOC(=O)Cc1ccccc1N. The van der Waals surface area contributed by atoms with E-state index in [1.807, 2.05) is 18.2 Å². The number of rotatable bonds is 5. The summed E-state index contributed by atoms with van der Waals surface area (Å²) in [5.74, 6) is -0.287. The number of ether oxygens (including phenoxy) is 2. The summed E-state index contributed by atoms with van der Waals surface area (Å²) in [6, 6.07) is 7.24. The van der Waals surface area contributed by atoms with Crippen LogP contribution in [0.15, 0.2) is 24.3 Å². The van der Waals surface area contributed by atoms with Gasteiger partial charge in [-0.25, -0.2) is 0 Å². The summed E-state index contributed by atoms with van der Waals surface area (Å²) in [4.78, 5) is 11.3. The summed E-state index contributed by atoms with van der Waals surface area (Å²) >= 11 is 0. The maximum atomic E-state index is 11.3. The van der Waals surface area contributed by atoms with Crippen molar-refractivity contribution in [3.05, 3.63) is 29.8 Å². The lowest BCUT2D eigenvalue weighted by Crippen LogP contribution is -2.12. The number of methoxy groups -OCH3 is 1. The van der Waals surface area contributed by atoms with E-state index < -0.39 is 0 Å². The summed E-state index contributed by atoms with van der Waals surface area (Å²) in [6.07, 6.45) is 0.205. The highest BCUT2D eigenvalue weighted by molar-refractivity contribution is 5.74. The van der Waals surface area contributed by atoms with Crippen LogP contribution in [0.5, 0.6) is 0 Å². The first-order valence-electron chi connectivity index (χ1n) is 4.72. The molecular weight excluding hydrogens is 194 g/mol. The van der Waals surface area contributed by atoms with E-state index in [2.05, 4.69) is 0 Å². The molecule has 0 spiro atoms. The second-order valence-corrected chi connectivity index (χ2v) is 3.09. The zero-order chi connectivity index (χ0) is 11.1. The summed E-state index contributed by atoms with van der Waals surface area (Å²) in [7, 11) is 1.56. The van der Waals surface area contributed by atoms with Crippen molar-refractivity contribution in [1.82, 2.24) is 0 Å². The molecule has 0 bridgehead atoms. The Kier molecular flexibility index (Phi) is 4.63. The molecule has 82 valence electrons. The van der Waals surface area contributed by atoms with Crippen LogP contribution in [-0.4, -0.2) is 26.3 Å². The van der Waals surface area contributed by atoms with Crippen LogP contribution in [-0.2, 0) is 20.7 Å². The molecule has 0 atom stereocenters. The third-order valence-electron chi connectivity index (χ3n) is 1.94. The number of esters is 1. The van der Waals surface area contributed by atoms with Gasteiger partial charge in [0.05, 0.1) is 13.0 Å². The van der Waals surface area contributed by atoms with Crippen LogP contribution in [0.2, 0.25) is 0 Å². The zero-order valence-corrected chi connectivity index (χ0v) is 8.73. The Morgan fingerprint density at radius 1 is 1.33 bits per heavy atom. The molecule has 1 rings (SSSR count). The van der Waals surface area contributed by atoms with Crippen molar-refractivity contribution in [2.24, 2.45) is 0 Å². The summed E-state index contributed by atoms with van der Waals surface area (Å²) in [6.45, 7) is 0.693. The lowest BCUT2D eigenvalue weighted by atomic mass is 10.1. The number of nitrogen functional groups attached to an aromatic ring is 1. The van der Waals surface area contributed by atoms with Crippen molar-refractivity contribution >= 4 is 11.7 Å². The number of nitrogens with two attached hydrogens (primary N) is 1. The van der Waals surface area contributed by atoms with Crippen LogP contribution >= 0.6 is 0 Å². The van der Waals surface area contributed by atoms with Gasteiger partial charge in [-0.05, 0) is 11.6 Å². The Morgan fingerprint density at radius 3 is 2.73 bits per heavy atom. The molecule has 0 aliphatic rings. The molecule has 0 aliphatic carbocycles. The standard InChI is InChI=1S/C11H15NO3/c1-14-6-7-15-11(13)8-9-4-2-3-5-10(9)12/h2-5H,6-8,12H2,1H3. The van der Waals surface area contributed by atoms with Gasteiger partial charge in [0.1, 0.15) is 6.61 Å². The topological polar surface area (TPSA) is 61.5 Å². The first-order valence-corrected chi connectivity index (χ1v) is 4.72. The van der Waals surface area contributed by atoms with Gasteiger partial charge in [-0.1, -0.05) is 18.2 Å². The van der Waals surface area contributed by atoms with Crippen LogP contribution in [0, 0.1) is 0 Å². The molecule has 2 N–H and O–H groups in total. The number of carbonyl (C=O) groups excluding carboxylic acids is 1. The number of anilines is 1. The van der Waals surface area contributed by atoms with Crippen molar-refractivity contribution < 1.29 is 14.3 Å². The van der Waals surface area contributed by atoms with Crippen molar-refractivity contribution in [3.8, 4) is 0 Å². The van der Waals surface area contributed by atoms with Gasteiger partial charge in [0.25, 0.3) is 0 Å². The molecule has 0 heterocycles. The quantitative estimate of drug-likeness (QED) is 0.446. The monoisotopic (exact) mass is 209 g/mol. The lowest BCUT2D eigenvalue weighted by molar-refractivity contribution is -0.144. The molecule has 0 unspecified atom stereocenters. The Bertz CT molecular complexity index is 325. The second-order valence-electron chi connectivity index (χ2n) is 3.09. The summed E-state index contributed by atoms with van der Waals surface area (Å²) < 4.78 is 9.69. The maximum absolute atomic E-state index is 11.3. The van der Waals surface area contributed by atoms with Gasteiger partial charge in [-0.15, -0.1) is 0 Å². The van der Waals surface area contributed by atoms with Crippen LogP contribution in [0.3, 0.4) is 0 Å². The lowest BCUT2D eigenvalue weighted by Gasteiger charge is -2.05. The highest BCUT2D eigenvalue weighted by atomic mass is 16.6. The van der Waals surface area contributed by atoms with Gasteiger partial charge in [0.15, 0.2) is 0 Å². The zero-order valence-electron chi connectivity index (χ0n) is 8.73. The first-order chi connectivity index (χ1) is 7.24. The third kappa shape index (κ3) is 3.99. The summed E-state index contributed by atoms with van der Waals surface area (Å²) in [5, 5.41) is 0. The Labute approximate surface area is 89.0 Å². The smallest absolute Gasteiger partial charge is 0.310 e. The summed E-state index contributed by atoms with van der Waals surface area (Å²) in [5.41, 5.74) is 7.10. The minimum Gasteiger partial charge on any atom is -0.463 e. The van der Waals surface area contributed by atoms with E-state index in [0.29, 0.717) is 12.3 Å². The van der Waals surface area contributed by atoms with Crippen molar-refractivity contribution in [2.45, 2.75) is 6.42 Å². The molecule has 4 heteroatoms.